The fraction of sp³-hybridized carbons (Fsp3) is 0.0588. The van der Waals surface area contributed by atoms with E-state index in [0.717, 1.165) is 10.5 Å². The molecule has 1 heterocycles. The number of imide groups is 1. The molecule has 0 radical (unpaired) electrons. The van der Waals surface area contributed by atoms with E-state index in [1.165, 1.54) is 18.2 Å². The van der Waals surface area contributed by atoms with Gasteiger partial charge in [-0.1, -0.05) is 47.0 Å². The van der Waals surface area contributed by atoms with Crippen molar-refractivity contribution in [3.05, 3.63) is 69.4 Å². The zero-order chi connectivity index (χ0) is 16.7. The second-order valence-corrected chi connectivity index (χ2v) is 5.97. The van der Waals surface area contributed by atoms with Crippen molar-refractivity contribution < 1.29 is 14.7 Å². The number of carbonyl (C=O) groups excluding carboxylic acids is 2. The maximum atomic E-state index is 12.6. The summed E-state index contributed by atoms with van der Waals surface area (Å²) in [5.74, 6) is -2.03. The zero-order valence-electron chi connectivity index (χ0n) is 12.0. The third-order valence-corrected chi connectivity index (χ3v) is 4.10. The topological polar surface area (TPSA) is 57.6 Å². The fourth-order valence-corrected chi connectivity index (χ4v) is 2.88. The lowest BCUT2D eigenvalue weighted by atomic mass is 10.1. The second kappa shape index (κ2) is 5.72. The molecule has 0 saturated heterocycles. The maximum absolute atomic E-state index is 12.6. The minimum absolute atomic E-state index is 0.128. The summed E-state index contributed by atoms with van der Waals surface area (Å²) < 4.78 is 0. The minimum atomic E-state index is -0.778. The lowest BCUT2D eigenvalue weighted by Crippen LogP contribution is -2.31. The molecule has 1 N–H and O–H groups in total. The summed E-state index contributed by atoms with van der Waals surface area (Å²) in [4.78, 5) is 25.9. The number of hydrogen-bond acceptors (Lipinski definition) is 3. The first-order valence-corrected chi connectivity index (χ1v) is 7.50. The molecule has 1 aliphatic rings. The molecule has 0 atom stereocenters. The Morgan fingerprint density at radius 3 is 2.22 bits per heavy atom. The number of aryl methyl sites for hydroxylation is 1. The third-order valence-electron chi connectivity index (χ3n) is 3.55. The number of amides is 2. The van der Waals surface area contributed by atoms with Crippen molar-refractivity contribution in [3.63, 3.8) is 0 Å². The van der Waals surface area contributed by atoms with E-state index < -0.39 is 17.6 Å². The summed E-state index contributed by atoms with van der Waals surface area (Å²) in [5, 5.41) is 10.7. The van der Waals surface area contributed by atoms with Crippen LogP contribution in [0.25, 0.3) is 5.57 Å². The van der Waals surface area contributed by atoms with Crippen LogP contribution >= 0.6 is 23.2 Å². The van der Waals surface area contributed by atoms with E-state index in [9.17, 15) is 14.7 Å². The van der Waals surface area contributed by atoms with E-state index in [1.807, 2.05) is 6.92 Å². The first kappa shape index (κ1) is 15.6. The number of carbonyl (C=O) groups is 2. The molecule has 0 aliphatic carbocycles. The summed E-state index contributed by atoms with van der Waals surface area (Å²) in [6.07, 6.45) is 0. The molecule has 0 fully saturated rings. The van der Waals surface area contributed by atoms with Gasteiger partial charge >= 0.3 is 5.91 Å². The van der Waals surface area contributed by atoms with Crippen LogP contribution in [0.5, 0.6) is 0 Å². The van der Waals surface area contributed by atoms with Crippen molar-refractivity contribution in [2.75, 3.05) is 4.90 Å². The number of nitrogens with zero attached hydrogens (tertiary/aromatic N) is 1. The molecule has 2 aromatic carbocycles. The van der Waals surface area contributed by atoms with Gasteiger partial charge in [0.1, 0.15) is 0 Å². The summed E-state index contributed by atoms with van der Waals surface area (Å²) in [6, 6.07) is 11.3. The molecule has 1 aliphatic heterocycles. The lowest BCUT2D eigenvalue weighted by molar-refractivity contribution is -0.121. The minimum Gasteiger partial charge on any atom is -0.502 e. The van der Waals surface area contributed by atoms with Gasteiger partial charge in [0.25, 0.3) is 5.91 Å². The summed E-state index contributed by atoms with van der Waals surface area (Å²) >= 11 is 11.9. The summed E-state index contributed by atoms with van der Waals surface area (Å²) in [7, 11) is 0. The third kappa shape index (κ3) is 2.60. The zero-order valence-corrected chi connectivity index (χ0v) is 13.5. The van der Waals surface area contributed by atoms with Crippen molar-refractivity contribution >= 4 is 46.3 Å². The van der Waals surface area contributed by atoms with E-state index in [2.05, 4.69) is 0 Å². The molecule has 0 unspecified atom stereocenters. The van der Waals surface area contributed by atoms with Crippen molar-refractivity contribution in [2.45, 2.75) is 6.92 Å². The molecule has 2 amide bonds. The molecule has 116 valence electrons. The normalized spacial score (nSPS) is 14.8. The summed E-state index contributed by atoms with van der Waals surface area (Å²) in [6.45, 7) is 1.89. The molecule has 3 rings (SSSR count). The van der Waals surface area contributed by atoms with Gasteiger partial charge in [-0.15, -0.1) is 0 Å². The number of halogens is 2. The van der Waals surface area contributed by atoms with Gasteiger partial charge in [-0.25, -0.2) is 4.90 Å². The number of hydrogen-bond donors (Lipinski definition) is 1. The predicted octanol–water partition coefficient (Wildman–Crippen LogP) is 4.14. The largest absolute Gasteiger partial charge is 0.502 e. The van der Waals surface area contributed by atoms with Crippen molar-refractivity contribution in [1.82, 2.24) is 0 Å². The van der Waals surface area contributed by atoms with E-state index in [4.69, 9.17) is 23.2 Å². The highest BCUT2D eigenvalue weighted by molar-refractivity contribution is 6.47. The van der Waals surface area contributed by atoms with Crippen LogP contribution in [-0.4, -0.2) is 16.9 Å². The van der Waals surface area contributed by atoms with Crippen LogP contribution in [0.1, 0.15) is 11.1 Å². The van der Waals surface area contributed by atoms with Crippen molar-refractivity contribution in [1.29, 1.82) is 0 Å². The predicted molar refractivity (Wildman–Crippen MR) is 89.7 cm³/mol. The lowest BCUT2D eigenvalue weighted by Gasteiger charge is -2.15. The van der Waals surface area contributed by atoms with Gasteiger partial charge in [0.05, 0.1) is 16.3 Å². The first-order valence-electron chi connectivity index (χ1n) is 6.74. The number of aliphatic hydroxyl groups is 1. The van der Waals surface area contributed by atoms with Gasteiger partial charge < -0.3 is 5.11 Å². The molecular weight excluding hydrogens is 337 g/mol. The SMILES string of the molecule is Cc1ccc(N2C(=O)C(O)=C(c3ccc(Cl)cc3Cl)C2=O)cc1. The monoisotopic (exact) mass is 347 g/mol. The molecular formula is C17H11Cl2NO3. The Bertz CT molecular complexity index is 857. The molecule has 0 aromatic heterocycles. The average molecular weight is 348 g/mol. The smallest absolute Gasteiger partial charge is 0.301 e. The molecule has 2 aromatic rings. The Morgan fingerprint density at radius 2 is 1.61 bits per heavy atom. The second-order valence-electron chi connectivity index (χ2n) is 5.13. The Kier molecular flexibility index (Phi) is 3.88. The quantitative estimate of drug-likeness (QED) is 0.830. The van der Waals surface area contributed by atoms with E-state index >= 15 is 0 Å². The molecule has 0 saturated carbocycles. The van der Waals surface area contributed by atoms with Crippen LogP contribution in [0.2, 0.25) is 10.0 Å². The van der Waals surface area contributed by atoms with Gasteiger partial charge in [-0.2, -0.15) is 0 Å². The average Bonchev–Trinajstić information content (AvgIpc) is 2.72. The van der Waals surface area contributed by atoms with E-state index in [1.54, 1.807) is 24.3 Å². The van der Waals surface area contributed by atoms with Gasteiger partial charge in [0.2, 0.25) is 0 Å². The Morgan fingerprint density at radius 1 is 0.957 bits per heavy atom. The standard InChI is InChI=1S/C17H11Cl2NO3/c1-9-2-5-11(6-3-9)20-16(22)14(15(21)17(20)23)12-7-4-10(18)8-13(12)19/h2-8,21H,1H3. The van der Waals surface area contributed by atoms with Gasteiger partial charge in [0.15, 0.2) is 5.76 Å². The van der Waals surface area contributed by atoms with Crippen LogP contribution in [0.4, 0.5) is 5.69 Å². The van der Waals surface area contributed by atoms with Crippen LogP contribution < -0.4 is 4.90 Å². The fourth-order valence-electron chi connectivity index (χ4n) is 2.38. The molecule has 4 nitrogen and oxygen atoms in total. The Hall–Kier alpha value is -2.30. The highest BCUT2D eigenvalue weighted by atomic mass is 35.5. The number of rotatable bonds is 2. The highest BCUT2D eigenvalue weighted by Gasteiger charge is 2.40. The van der Waals surface area contributed by atoms with Gasteiger partial charge in [0, 0.05) is 10.6 Å². The number of anilines is 1. The van der Waals surface area contributed by atoms with Crippen LogP contribution in [-0.2, 0) is 9.59 Å². The Labute approximate surface area is 142 Å². The summed E-state index contributed by atoms with van der Waals surface area (Å²) in [5.41, 5.74) is 1.52. The number of aliphatic hydroxyl groups excluding tert-OH is 1. The Balaban J connectivity index is 2.08. The van der Waals surface area contributed by atoms with E-state index in [-0.39, 0.29) is 16.2 Å². The van der Waals surface area contributed by atoms with Crippen molar-refractivity contribution in [3.8, 4) is 0 Å². The van der Waals surface area contributed by atoms with Crippen LogP contribution in [0.3, 0.4) is 0 Å². The maximum Gasteiger partial charge on any atom is 0.301 e. The van der Waals surface area contributed by atoms with Gasteiger partial charge in [-0.3, -0.25) is 9.59 Å². The van der Waals surface area contributed by atoms with Crippen LogP contribution in [0.15, 0.2) is 48.2 Å². The molecule has 0 spiro atoms. The van der Waals surface area contributed by atoms with Gasteiger partial charge in [-0.05, 0) is 31.2 Å². The van der Waals surface area contributed by atoms with E-state index in [0.29, 0.717) is 10.7 Å². The molecule has 0 bridgehead atoms. The molecule has 23 heavy (non-hydrogen) atoms. The van der Waals surface area contributed by atoms with Crippen molar-refractivity contribution in [2.24, 2.45) is 0 Å². The molecule has 6 heteroatoms. The number of benzene rings is 2. The first-order chi connectivity index (χ1) is 10.9. The van der Waals surface area contributed by atoms with Crippen LogP contribution in [0, 0.1) is 6.92 Å². The highest BCUT2D eigenvalue weighted by Crippen LogP contribution is 2.35.